The third kappa shape index (κ3) is 4.70. The molecule has 0 aliphatic carbocycles. The van der Waals surface area contributed by atoms with Crippen LogP contribution < -0.4 is 5.73 Å². The molecule has 0 spiro atoms. The number of hydrogen-bond donors (Lipinski definition) is 2. The number of nitrogens with zero attached hydrogens (tertiary/aromatic N) is 3. The molecule has 0 amide bonds. The highest BCUT2D eigenvalue weighted by Gasteiger charge is 2.40. The van der Waals surface area contributed by atoms with Gasteiger partial charge in [-0.2, -0.15) is 0 Å². The standard InChI is InChI=1S/C25H36N4O2/c1-2-3-4-5-6-10-20(24(25(30)31)28-15-14-19(26)16-28)23-22-13-12-18-9-7-8-11-21(18)29(22)17-27-23/h7-9,11,17,19-20,24H,2-6,10,12-16,26H2,1H3,(H,30,31)/t19-,20?,24-/m0/s1. The van der Waals surface area contributed by atoms with Crippen LogP contribution >= 0.6 is 0 Å². The number of imidazole rings is 1. The van der Waals surface area contributed by atoms with Crippen molar-refractivity contribution in [1.29, 1.82) is 0 Å². The van der Waals surface area contributed by atoms with Gasteiger partial charge in [0.15, 0.2) is 0 Å². The van der Waals surface area contributed by atoms with E-state index in [0.717, 1.165) is 50.8 Å². The van der Waals surface area contributed by atoms with Crippen LogP contribution in [0.5, 0.6) is 0 Å². The lowest BCUT2D eigenvalue weighted by Crippen LogP contribution is -2.45. The molecule has 0 radical (unpaired) electrons. The minimum absolute atomic E-state index is 0.0647. The second kappa shape index (κ2) is 9.96. The van der Waals surface area contributed by atoms with Crippen LogP contribution in [0.2, 0.25) is 0 Å². The third-order valence-electron chi connectivity index (χ3n) is 7.03. The third-order valence-corrected chi connectivity index (χ3v) is 7.03. The molecule has 6 heteroatoms. The molecule has 3 atom stereocenters. The monoisotopic (exact) mass is 424 g/mol. The minimum atomic E-state index is -0.745. The molecule has 1 fully saturated rings. The van der Waals surface area contributed by atoms with E-state index < -0.39 is 12.0 Å². The molecule has 1 saturated heterocycles. The Morgan fingerprint density at radius 3 is 2.77 bits per heavy atom. The molecule has 1 unspecified atom stereocenters. The van der Waals surface area contributed by atoms with Gasteiger partial charge >= 0.3 is 5.97 Å². The predicted molar refractivity (Wildman–Crippen MR) is 123 cm³/mol. The molecule has 0 bridgehead atoms. The molecule has 6 nitrogen and oxygen atoms in total. The summed E-state index contributed by atoms with van der Waals surface area (Å²) in [4.78, 5) is 19.5. The van der Waals surface area contributed by atoms with Crippen molar-refractivity contribution in [2.45, 2.75) is 82.7 Å². The average molecular weight is 425 g/mol. The van der Waals surface area contributed by atoms with Crippen LogP contribution in [-0.2, 0) is 17.6 Å². The zero-order chi connectivity index (χ0) is 21.8. The lowest BCUT2D eigenvalue weighted by molar-refractivity contribution is -0.144. The molecule has 0 saturated carbocycles. The number of unbranched alkanes of at least 4 members (excludes halogenated alkanes) is 4. The number of benzene rings is 1. The summed E-state index contributed by atoms with van der Waals surface area (Å²) < 4.78 is 2.19. The maximum atomic E-state index is 12.5. The number of aliphatic carboxylic acids is 1. The maximum absolute atomic E-state index is 12.5. The topological polar surface area (TPSA) is 84.4 Å². The highest BCUT2D eigenvalue weighted by atomic mass is 16.4. The van der Waals surface area contributed by atoms with Gasteiger partial charge in [0.25, 0.3) is 0 Å². The quantitative estimate of drug-likeness (QED) is 0.565. The van der Waals surface area contributed by atoms with Crippen molar-refractivity contribution in [3.8, 4) is 5.69 Å². The van der Waals surface area contributed by atoms with E-state index in [1.807, 2.05) is 6.33 Å². The normalized spacial score (nSPS) is 20.3. The molecule has 1 aromatic carbocycles. The van der Waals surface area contributed by atoms with Crippen LogP contribution in [0.1, 0.15) is 74.7 Å². The number of nitrogens with two attached hydrogens (primary N) is 1. The summed E-state index contributed by atoms with van der Waals surface area (Å²) in [5.41, 5.74) is 10.8. The van der Waals surface area contributed by atoms with Gasteiger partial charge in [-0.25, -0.2) is 4.98 Å². The van der Waals surface area contributed by atoms with E-state index >= 15 is 0 Å². The van der Waals surface area contributed by atoms with Crippen LogP contribution in [0, 0.1) is 0 Å². The van der Waals surface area contributed by atoms with Crippen molar-refractivity contribution in [2.24, 2.45) is 5.73 Å². The van der Waals surface area contributed by atoms with Crippen LogP contribution in [0.25, 0.3) is 5.69 Å². The van der Waals surface area contributed by atoms with Crippen LogP contribution in [-0.4, -0.2) is 50.7 Å². The SMILES string of the molecule is CCCCCCCC(c1ncn2c1CCc1ccccc1-2)[C@@H](C(=O)O)N1CC[C@H](N)C1. The van der Waals surface area contributed by atoms with E-state index in [2.05, 4.69) is 40.7 Å². The first-order chi connectivity index (χ1) is 15.1. The van der Waals surface area contributed by atoms with Crippen LogP contribution in [0.15, 0.2) is 30.6 Å². The molecular formula is C25H36N4O2. The molecule has 2 aliphatic rings. The first-order valence-electron chi connectivity index (χ1n) is 12.0. The van der Waals surface area contributed by atoms with Crippen molar-refractivity contribution in [2.75, 3.05) is 13.1 Å². The molecule has 3 heterocycles. The average Bonchev–Trinajstić information content (AvgIpc) is 3.38. The molecule has 3 N–H and O–H groups in total. The molecule has 168 valence electrons. The van der Waals surface area contributed by atoms with Crippen LogP contribution in [0.4, 0.5) is 0 Å². The van der Waals surface area contributed by atoms with Gasteiger partial charge in [0, 0.05) is 36.4 Å². The second-order valence-corrected chi connectivity index (χ2v) is 9.21. The van der Waals surface area contributed by atoms with Gasteiger partial charge in [0.1, 0.15) is 6.04 Å². The van der Waals surface area contributed by atoms with Crippen molar-refractivity contribution >= 4 is 5.97 Å². The van der Waals surface area contributed by atoms with Crippen molar-refractivity contribution in [3.63, 3.8) is 0 Å². The Labute approximate surface area is 185 Å². The number of carbonyl (C=O) groups is 1. The summed E-state index contributed by atoms with van der Waals surface area (Å²) in [5.74, 6) is -0.850. The number of carboxylic acids is 1. The maximum Gasteiger partial charge on any atom is 0.321 e. The zero-order valence-corrected chi connectivity index (χ0v) is 18.7. The number of aromatic nitrogens is 2. The van der Waals surface area contributed by atoms with E-state index in [-0.39, 0.29) is 12.0 Å². The van der Waals surface area contributed by atoms with Gasteiger partial charge in [0.2, 0.25) is 0 Å². The lowest BCUT2D eigenvalue weighted by atomic mass is 9.86. The van der Waals surface area contributed by atoms with Gasteiger partial charge in [-0.05, 0) is 37.3 Å². The van der Waals surface area contributed by atoms with Crippen molar-refractivity contribution < 1.29 is 9.90 Å². The summed E-state index contributed by atoms with van der Waals surface area (Å²) in [7, 11) is 0. The summed E-state index contributed by atoms with van der Waals surface area (Å²) >= 11 is 0. The first-order valence-corrected chi connectivity index (χ1v) is 12.0. The minimum Gasteiger partial charge on any atom is -0.480 e. The summed E-state index contributed by atoms with van der Waals surface area (Å²) in [6.45, 7) is 3.63. The number of fused-ring (bicyclic) bond motifs is 3. The molecule has 2 aliphatic heterocycles. The Bertz CT molecular complexity index is 893. The van der Waals surface area contributed by atoms with E-state index in [4.69, 9.17) is 10.7 Å². The van der Waals surface area contributed by atoms with E-state index in [0.29, 0.717) is 6.54 Å². The largest absolute Gasteiger partial charge is 0.480 e. The van der Waals surface area contributed by atoms with Gasteiger partial charge < -0.3 is 15.4 Å². The molecule has 2 aromatic rings. The Morgan fingerprint density at radius 2 is 2.03 bits per heavy atom. The van der Waals surface area contributed by atoms with E-state index in [1.54, 1.807) is 0 Å². The van der Waals surface area contributed by atoms with Crippen LogP contribution in [0.3, 0.4) is 0 Å². The number of rotatable bonds is 10. The highest BCUT2D eigenvalue weighted by Crippen LogP contribution is 2.36. The molecular weight excluding hydrogens is 388 g/mol. The van der Waals surface area contributed by atoms with Gasteiger partial charge in [-0.15, -0.1) is 0 Å². The Morgan fingerprint density at radius 1 is 1.23 bits per heavy atom. The molecule has 1 aromatic heterocycles. The Balaban J connectivity index is 1.65. The van der Waals surface area contributed by atoms with E-state index in [1.165, 1.54) is 36.2 Å². The number of likely N-dealkylation sites (tertiary alicyclic amines) is 1. The first kappa shape index (κ1) is 22.0. The smallest absolute Gasteiger partial charge is 0.321 e. The molecule has 4 rings (SSSR count). The summed E-state index contributed by atoms with van der Waals surface area (Å²) in [6.07, 6.45) is 11.4. The van der Waals surface area contributed by atoms with Crippen molar-refractivity contribution in [3.05, 3.63) is 47.5 Å². The fraction of sp³-hybridized carbons (Fsp3) is 0.600. The van der Waals surface area contributed by atoms with Gasteiger partial charge in [0.05, 0.1) is 12.0 Å². The predicted octanol–water partition coefficient (Wildman–Crippen LogP) is 3.90. The number of para-hydroxylation sites is 1. The number of aryl methyl sites for hydroxylation is 1. The Hall–Kier alpha value is -2.18. The number of hydrogen-bond acceptors (Lipinski definition) is 4. The van der Waals surface area contributed by atoms with Gasteiger partial charge in [-0.1, -0.05) is 57.2 Å². The highest BCUT2D eigenvalue weighted by molar-refractivity contribution is 5.75. The summed E-state index contributed by atoms with van der Waals surface area (Å²) in [6, 6.07) is 7.96. The lowest BCUT2D eigenvalue weighted by Gasteiger charge is -2.32. The number of carboxylic acid groups (broad SMARTS) is 1. The fourth-order valence-electron chi connectivity index (χ4n) is 5.43. The second-order valence-electron chi connectivity index (χ2n) is 9.21. The van der Waals surface area contributed by atoms with E-state index in [9.17, 15) is 9.90 Å². The fourth-order valence-corrected chi connectivity index (χ4v) is 5.43. The molecule has 31 heavy (non-hydrogen) atoms. The van der Waals surface area contributed by atoms with Crippen molar-refractivity contribution in [1.82, 2.24) is 14.5 Å². The summed E-state index contributed by atoms with van der Waals surface area (Å²) in [5, 5.41) is 10.3. The van der Waals surface area contributed by atoms with Gasteiger partial charge in [-0.3, -0.25) is 9.69 Å². The Kier molecular flexibility index (Phi) is 7.08. The zero-order valence-electron chi connectivity index (χ0n) is 18.7.